The summed E-state index contributed by atoms with van der Waals surface area (Å²) in [5, 5.41) is 0. The predicted molar refractivity (Wildman–Crippen MR) is 95.7 cm³/mol. The van der Waals surface area contributed by atoms with Crippen LogP contribution in [0, 0.1) is 0 Å². The van der Waals surface area contributed by atoms with Crippen LogP contribution in [0.5, 0.6) is 0 Å². The van der Waals surface area contributed by atoms with Crippen molar-refractivity contribution in [3.8, 4) is 0 Å². The van der Waals surface area contributed by atoms with Crippen molar-refractivity contribution in [2.45, 2.75) is 106 Å². The molecule has 0 aromatic heterocycles. The van der Waals surface area contributed by atoms with Crippen molar-refractivity contribution in [1.29, 1.82) is 0 Å². The van der Waals surface area contributed by atoms with E-state index in [4.69, 9.17) is 23.1 Å². The van der Waals surface area contributed by atoms with Crippen LogP contribution in [0.25, 0.3) is 0 Å². The standard InChI is InChI=1S/C19H30O7S/c1-27(20,21)22-10-7-13-5-6-16-18(24-13)11-14(23-16)17-15(12-18)25-19(26-17)8-3-2-4-9-19/h13-17H,2-12H2,1H3/t13?,14-,15-,16+,17?,18-/m1/s1. The van der Waals surface area contributed by atoms with E-state index in [0.717, 1.165) is 57.6 Å². The van der Waals surface area contributed by atoms with Crippen molar-refractivity contribution in [3.05, 3.63) is 0 Å². The molecular weight excluding hydrogens is 372 g/mol. The number of hydrogen-bond acceptors (Lipinski definition) is 7. The van der Waals surface area contributed by atoms with Gasteiger partial charge in [-0.2, -0.15) is 8.42 Å². The van der Waals surface area contributed by atoms with E-state index in [9.17, 15) is 8.42 Å². The zero-order valence-electron chi connectivity index (χ0n) is 15.9. The van der Waals surface area contributed by atoms with Crippen molar-refractivity contribution in [1.82, 2.24) is 0 Å². The van der Waals surface area contributed by atoms with Gasteiger partial charge in [0.05, 0.1) is 42.9 Å². The summed E-state index contributed by atoms with van der Waals surface area (Å²) in [7, 11) is -3.41. The highest BCUT2D eigenvalue weighted by atomic mass is 32.2. The van der Waals surface area contributed by atoms with E-state index in [0.29, 0.717) is 6.42 Å². The second-order valence-electron chi connectivity index (χ2n) is 8.98. The van der Waals surface area contributed by atoms with Gasteiger partial charge in [-0.1, -0.05) is 6.42 Å². The fourth-order valence-electron chi connectivity index (χ4n) is 5.86. The number of hydrogen-bond donors (Lipinski definition) is 0. The van der Waals surface area contributed by atoms with Crippen LogP contribution in [0.4, 0.5) is 0 Å². The van der Waals surface area contributed by atoms with Crippen LogP contribution in [0.15, 0.2) is 0 Å². The van der Waals surface area contributed by atoms with Crippen molar-refractivity contribution in [3.63, 3.8) is 0 Å². The maximum Gasteiger partial charge on any atom is 0.264 e. The third-order valence-corrected chi connectivity index (χ3v) is 7.57. The summed E-state index contributed by atoms with van der Waals surface area (Å²) in [6.07, 6.45) is 10.9. The van der Waals surface area contributed by atoms with Gasteiger partial charge in [0.25, 0.3) is 10.1 Å². The Morgan fingerprint density at radius 3 is 2.56 bits per heavy atom. The zero-order valence-corrected chi connectivity index (χ0v) is 16.7. The van der Waals surface area contributed by atoms with Gasteiger partial charge in [0.1, 0.15) is 6.10 Å². The summed E-state index contributed by atoms with van der Waals surface area (Å²) in [5.41, 5.74) is -0.316. The first-order valence-electron chi connectivity index (χ1n) is 10.4. The molecule has 5 rings (SSSR count). The molecule has 3 aliphatic heterocycles. The molecule has 0 radical (unpaired) electrons. The van der Waals surface area contributed by atoms with Crippen LogP contribution in [0.2, 0.25) is 0 Å². The molecule has 0 amide bonds. The van der Waals surface area contributed by atoms with Crippen molar-refractivity contribution >= 4 is 10.1 Å². The smallest absolute Gasteiger partial charge is 0.264 e. The summed E-state index contributed by atoms with van der Waals surface area (Å²) in [6, 6.07) is 0. The van der Waals surface area contributed by atoms with E-state index in [2.05, 4.69) is 0 Å². The van der Waals surface area contributed by atoms with Gasteiger partial charge in [-0.05, 0) is 32.1 Å². The fraction of sp³-hybridized carbons (Fsp3) is 1.00. The highest BCUT2D eigenvalue weighted by Gasteiger charge is 2.65. The molecule has 3 heterocycles. The summed E-state index contributed by atoms with van der Waals surface area (Å²) in [4.78, 5) is 0. The summed E-state index contributed by atoms with van der Waals surface area (Å²) < 4.78 is 53.1. The summed E-state index contributed by atoms with van der Waals surface area (Å²) in [6.45, 7) is 0.170. The van der Waals surface area contributed by atoms with Crippen molar-refractivity contribution in [2.75, 3.05) is 12.9 Å². The number of ether oxygens (including phenoxy) is 4. The second kappa shape index (κ2) is 6.64. The van der Waals surface area contributed by atoms with Crippen LogP contribution < -0.4 is 0 Å². The topological polar surface area (TPSA) is 80.3 Å². The Kier molecular flexibility index (Phi) is 4.61. The molecule has 0 N–H and O–H groups in total. The molecular formula is C19H30O7S. The fourth-order valence-corrected chi connectivity index (χ4v) is 6.26. The molecule has 2 aliphatic carbocycles. The molecule has 0 aromatic rings. The minimum absolute atomic E-state index is 0.00728. The highest BCUT2D eigenvalue weighted by Crippen LogP contribution is 2.55. The Hall–Kier alpha value is -0.250. The van der Waals surface area contributed by atoms with Crippen LogP contribution in [0.1, 0.15) is 64.2 Å². The minimum Gasteiger partial charge on any atom is -0.369 e. The van der Waals surface area contributed by atoms with E-state index in [1.807, 2.05) is 0 Å². The molecule has 154 valence electrons. The average molecular weight is 403 g/mol. The van der Waals surface area contributed by atoms with Crippen molar-refractivity contribution in [2.24, 2.45) is 0 Å². The van der Waals surface area contributed by atoms with E-state index >= 15 is 0 Å². The second-order valence-corrected chi connectivity index (χ2v) is 10.6. The van der Waals surface area contributed by atoms with Crippen LogP contribution in [-0.2, 0) is 33.2 Å². The first kappa shape index (κ1) is 18.8. The van der Waals surface area contributed by atoms with Gasteiger partial charge in [0, 0.05) is 25.7 Å². The molecule has 5 fully saturated rings. The molecule has 2 bridgehead atoms. The van der Waals surface area contributed by atoms with Crippen LogP contribution in [0.3, 0.4) is 0 Å². The van der Waals surface area contributed by atoms with Crippen LogP contribution in [-0.4, -0.2) is 63.2 Å². The van der Waals surface area contributed by atoms with E-state index in [-0.39, 0.29) is 42.7 Å². The van der Waals surface area contributed by atoms with Gasteiger partial charge in [-0.3, -0.25) is 4.18 Å². The Balaban J connectivity index is 1.26. The lowest BCUT2D eigenvalue weighted by Crippen LogP contribution is -2.53. The molecule has 3 saturated heterocycles. The van der Waals surface area contributed by atoms with Gasteiger partial charge in [-0.25, -0.2) is 0 Å². The summed E-state index contributed by atoms with van der Waals surface area (Å²) >= 11 is 0. The SMILES string of the molecule is CS(=O)(=O)OCCC1CC[C@@H]2O[C@@H]3C[C@]2(C[C@H]2OC4(CCCCC4)OC32)O1. The maximum atomic E-state index is 11.2. The molecule has 27 heavy (non-hydrogen) atoms. The summed E-state index contributed by atoms with van der Waals surface area (Å²) in [5.74, 6) is -0.398. The number of rotatable bonds is 4. The lowest BCUT2D eigenvalue weighted by molar-refractivity contribution is -0.215. The van der Waals surface area contributed by atoms with E-state index < -0.39 is 15.9 Å². The van der Waals surface area contributed by atoms with Gasteiger partial charge < -0.3 is 18.9 Å². The Morgan fingerprint density at radius 1 is 1.00 bits per heavy atom. The quantitative estimate of drug-likeness (QED) is 0.667. The van der Waals surface area contributed by atoms with Gasteiger partial charge >= 0.3 is 0 Å². The van der Waals surface area contributed by atoms with Gasteiger partial charge in [0.2, 0.25) is 0 Å². The first-order valence-corrected chi connectivity index (χ1v) is 12.2. The lowest BCUT2D eigenvalue weighted by atomic mass is 9.76. The maximum absolute atomic E-state index is 11.2. The largest absolute Gasteiger partial charge is 0.369 e. The molecule has 6 atom stereocenters. The monoisotopic (exact) mass is 402 g/mol. The van der Waals surface area contributed by atoms with Gasteiger partial charge in [-0.15, -0.1) is 0 Å². The van der Waals surface area contributed by atoms with E-state index in [1.54, 1.807) is 0 Å². The molecule has 2 unspecified atom stereocenters. The van der Waals surface area contributed by atoms with E-state index in [1.165, 1.54) is 6.42 Å². The normalized spacial score (nSPS) is 45.6. The molecule has 7 nitrogen and oxygen atoms in total. The molecule has 0 aromatic carbocycles. The van der Waals surface area contributed by atoms with Gasteiger partial charge in [0.15, 0.2) is 5.79 Å². The Morgan fingerprint density at radius 2 is 1.78 bits per heavy atom. The molecule has 8 heteroatoms. The average Bonchev–Trinajstić information content (AvgIpc) is 3.10. The first-order chi connectivity index (χ1) is 12.9. The van der Waals surface area contributed by atoms with Crippen molar-refractivity contribution < 1.29 is 31.5 Å². The molecule has 2 spiro atoms. The van der Waals surface area contributed by atoms with Crippen LogP contribution >= 0.6 is 0 Å². The Bertz CT molecular complexity index is 674. The third kappa shape index (κ3) is 3.46. The predicted octanol–water partition coefficient (Wildman–Crippen LogP) is 2.28. The number of fused-ring (bicyclic) bond motifs is 3. The minimum atomic E-state index is -3.41. The Labute approximate surface area is 161 Å². The lowest BCUT2D eigenvalue weighted by Gasteiger charge is -2.44. The third-order valence-electron chi connectivity index (χ3n) is 6.97. The molecule has 5 aliphatic rings. The zero-order chi connectivity index (χ0) is 18.7. The molecule has 2 saturated carbocycles. The highest BCUT2D eigenvalue weighted by molar-refractivity contribution is 7.85.